The van der Waals surface area contributed by atoms with Crippen molar-refractivity contribution in [1.82, 2.24) is 25.1 Å². The van der Waals surface area contributed by atoms with Gasteiger partial charge in [0.2, 0.25) is 0 Å². The summed E-state index contributed by atoms with van der Waals surface area (Å²) >= 11 is 6.13. The number of fused-ring (bicyclic) bond motifs is 1. The molecule has 0 unspecified atom stereocenters. The van der Waals surface area contributed by atoms with Gasteiger partial charge in [0.25, 0.3) is 5.91 Å². The maximum absolute atomic E-state index is 13.1. The molecule has 7 nitrogen and oxygen atoms in total. The lowest BCUT2D eigenvalue weighted by molar-refractivity contribution is 0.0814. The maximum atomic E-state index is 13.1. The quantitative estimate of drug-likeness (QED) is 0.134. The number of rotatable bonds is 10. The fourth-order valence-electron chi connectivity index (χ4n) is 4.48. The summed E-state index contributed by atoms with van der Waals surface area (Å²) in [5, 5.41) is 9.47. The minimum atomic E-state index is -1.20. The third-order valence-corrected chi connectivity index (χ3v) is 8.74. The van der Waals surface area contributed by atoms with E-state index in [1.807, 2.05) is 67.8 Å². The Bertz CT molecular complexity index is 1620. The molecular formula is C31H34ClN5O2Si. The van der Waals surface area contributed by atoms with Gasteiger partial charge in [-0.05, 0) is 48.4 Å². The molecule has 5 rings (SSSR count). The highest BCUT2D eigenvalue weighted by atomic mass is 35.5. The number of hydrogen-bond acceptors (Lipinski definition) is 4. The molecule has 3 aromatic heterocycles. The van der Waals surface area contributed by atoms with Gasteiger partial charge in [-0.25, -0.2) is 9.67 Å². The van der Waals surface area contributed by atoms with Gasteiger partial charge in [0.05, 0.1) is 6.04 Å². The van der Waals surface area contributed by atoms with Crippen molar-refractivity contribution in [3.63, 3.8) is 0 Å². The summed E-state index contributed by atoms with van der Waals surface area (Å²) in [6.07, 6.45) is 3.68. The number of pyridine rings is 1. The number of nitrogens with zero attached hydrogens (tertiary/aromatic N) is 3. The standard InChI is InChI=1S/C31H34ClN5O2Si/c1-21(23-11-8-12-26(32)15-23)35-31(38)28-17-25(19-33-28)29-27-16-24(22-9-6-5-7-10-22)18-34-30(27)37(36-29)20-39-13-14-40(2,3)4/h5-12,15-19,21,33H,13-14,20H2,1-4H3,(H,35,38)/t21-/m1/s1. The number of nitrogens with one attached hydrogen (secondary N) is 2. The lowest BCUT2D eigenvalue weighted by Crippen LogP contribution is -2.26. The zero-order valence-electron chi connectivity index (χ0n) is 23.2. The summed E-state index contributed by atoms with van der Waals surface area (Å²) < 4.78 is 7.82. The molecule has 3 heterocycles. The Morgan fingerprint density at radius 3 is 2.60 bits per heavy atom. The molecule has 0 bridgehead atoms. The van der Waals surface area contributed by atoms with Gasteiger partial charge in [0.1, 0.15) is 18.1 Å². The Morgan fingerprint density at radius 1 is 1.05 bits per heavy atom. The third-order valence-electron chi connectivity index (χ3n) is 6.80. The Balaban J connectivity index is 1.43. The van der Waals surface area contributed by atoms with E-state index < -0.39 is 8.07 Å². The number of ether oxygens (including phenoxy) is 1. The molecule has 206 valence electrons. The van der Waals surface area contributed by atoms with Crippen molar-refractivity contribution in [2.75, 3.05) is 6.61 Å². The van der Waals surface area contributed by atoms with Crippen LogP contribution in [-0.4, -0.2) is 40.3 Å². The number of amides is 1. The maximum Gasteiger partial charge on any atom is 0.268 e. The van der Waals surface area contributed by atoms with Crippen molar-refractivity contribution in [2.24, 2.45) is 0 Å². The lowest BCUT2D eigenvalue weighted by Gasteiger charge is -2.15. The molecule has 0 aliphatic carbocycles. The molecule has 0 spiro atoms. The molecule has 0 radical (unpaired) electrons. The van der Waals surface area contributed by atoms with Crippen LogP contribution in [-0.2, 0) is 11.5 Å². The second-order valence-corrected chi connectivity index (χ2v) is 17.3. The van der Waals surface area contributed by atoms with Crippen molar-refractivity contribution in [3.8, 4) is 22.4 Å². The zero-order chi connectivity index (χ0) is 28.3. The second-order valence-electron chi connectivity index (χ2n) is 11.2. The number of aromatic nitrogens is 4. The van der Waals surface area contributed by atoms with Crippen molar-refractivity contribution in [3.05, 3.63) is 95.4 Å². The van der Waals surface area contributed by atoms with Gasteiger partial charge >= 0.3 is 0 Å². The smallest absolute Gasteiger partial charge is 0.268 e. The van der Waals surface area contributed by atoms with Gasteiger partial charge in [-0.3, -0.25) is 4.79 Å². The van der Waals surface area contributed by atoms with Crippen LogP contribution in [0.3, 0.4) is 0 Å². The minimum absolute atomic E-state index is 0.205. The largest absolute Gasteiger partial charge is 0.359 e. The van der Waals surface area contributed by atoms with E-state index >= 15 is 0 Å². The molecule has 40 heavy (non-hydrogen) atoms. The molecule has 0 saturated carbocycles. The van der Waals surface area contributed by atoms with Gasteiger partial charge in [0, 0.05) is 48.6 Å². The third kappa shape index (κ3) is 6.52. The van der Waals surface area contributed by atoms with Gasteiger partial charge in [-0.2, -0.15) is 5.10 Å². The van der Waals surface area contributed by atoms with Crippen molar-refractivity contribution in [1.29, 1.82) is 0 Å². The molecule has 5 aromatic rings. The molecular weight excluding hydrogens is 538 g/mol. The van der Waals surface area contributed by atoms with Crippen molar-refractivity contribution in [2.45, 2.75) is 45.4 Å². The van der Waals surface area contributed by atoms with Crippen molar-refractivity contribution < 1.29 is 9.53 Å². The average molecular weight is 572 g/mol. The predicted molar refractivity (Wildman–Crippen MR) is 164 cm³/mol. The molecule has 2 N–H and O–H groups in total. The number of carbonyl (C=O) groups is 1. The Morgan fingerprint density at radius 2 is 1.85 bits per heavy atom. The molecule has 9 heteroatoms. The fraction of sp³-hybridized carbons (Fsp3) is 0.258. The highest BCUT2D eigenvalue weighted by molar-refractivity contribution is 6.76. The van der Waals surface area contributed by atoms with Gasteiger partial charge in [-0.15, -0.1) is 0 Å². The van der Waals surface area contributed by atoms with Crippen LogP contribution >= 0.6 is 11.6 Å². The monoisotopic (exact) mass is 571 g/mol. The first-order valence-corrected chi connectivity index (χ1v) is 17.5. The molecule has 0 saturated heterocycles. The molecule has 0 aliphatic heterocycles. The molecule has 2 aromatic carbocycles. The fourth-order valence-corrected chi connectivity index (χ4v) is 5.43. The van der Waals surface area contributed by atoms with E-state index in [9.17, 15) is 4.79 Å². The highest BCUT2D eigenvalue weighted by Gasteiger charge is 2.19. The molecule has 0 fully saturated rings. The summed E-state index contributed by atoms with van der Waals surface area (Å²) in [6, 6.07) is 22.4. The summed E-state index contributed by atoms with van der Waals surface area (Å²) in [5.41, 5.74) is 5.75. The molecule has 0 aliphatic rings. The van der Waals surface area contributed by atoms with Crippen LogP contribution in [0, 0.1) is 0 Å². The molecule has 1 atom stereocenters. The Hall–Kier alpha value is -3.72. The van der Waals surface area contributed by atoms with Gasteiger partial charge < -0.3 is 15.0 Å². The Labute approximate surface area is 240 Å². The van der Waals surface area contributed by atoms with Crippen LogP contribution in [0.2, 0.25) is 30.7 Å². The zero-order valence-corrected chi connectivity index (χ0v) is 25.0. The van der Waals surface area contributed by atoms with E-state index in [-0.39, 0.29) is 11.9 Å². The number of hydrogen-bond donors (Lipinski definition) is 2. The highest BCUT2D eigenvalue weighted by Crippen LogP contribution is 2.31. The van der Waals surface area contributed by atoms with Gasteiger partial charge in [-0.1, -0.05) is 73.7 Å². The van der Waals surface area contributed by atoms with Crippen LogP contribution in [0.4, 0.5) is 0 Å². The first-order valence-electron chi connectivity index (χ1n) is 13.4. The van der Waals surface area contributed by atoms with Crippen LogP contribution < -0.4 is 5.32 Å². The van der Waals surface area contributed by atoms with Crippen LogP contribution in [0.5, 0.6) is 0 Å². The first kappa shape index (κ1) is 27.8. The van der Waals surface area contributed by atoms with E-state index in [0.717, 1.165) is 45.0 Å². The van der Waals surface area contributed by atoms with E-state index in [0.29, 0.717) is 24.1 Å². The van der Waals surface area contributed by atoms with Crippen molar-refractivity contribution >= 4 is 36.6 Å². The number of halogens is 1. The summed E-state index contributed by atoms with van der Waals surface area (Å²) in [4.78, 5) is 21.0. The van der Waals surface area contributed by atoms with E-state index in [1.54, 1.807) is 4.68 Å². The SMILES string of the molecule is C[C@@H](NC(=O)c1cc(-c2nn(COCC[Si](C)(C)C)c3ncc(-c4ccccc4)cc23)c[nH]1)c1cccc(Cl)c1. The summed E-state index contributed by atoms with van der Waals surface area (Å²) in [5.74, 6) is -0.208. The number of aromatic amines is 1. The Kier molecular flexibility index (Phi) is 8.21. The first-order chi connectivity index (χ1) is 19.2. The molecule has 1 amide bonds. The second kappa shape index (κ2) is 11.8. The number of benzene rings is 2. The summed E-state index contributed by atoms with van der Waals surface area (Å²) in [6.45, 7) is 9.93. The van der Waals surface area contributed by atoms with Crippen LogP contribution in [0.25, 0.3) is 33.4 Å². The van der Waals surface area contributed by atoms with E-state index in [1.165, 1.54) is 0 Å². The van der Waals surface area contributed by atoms with E-state index in [2.05, 4.69) is 48.1 Å². The number of carbonyl (C=O) groups excluding carboxylic acids is 1. The van der Waals surface area contributed by atoms with Gasteiger partial charge in [0.15, 0.2) is 5.65 Å². The lowest BCUT2D eigenvalue weighted by atomic mass is 10.1. The van der Waals surface area contributed by atoms with Crippen LogP contribution in [0.1, 0.15) is 29.0 Å². The topological polar surface area (TPSA) is 84.8 Å². The minimum Gasteiger partial charge on any atom is -0.359 e. The van der Waals surface area contributed by atoms with Crippen LogP contribution in [0.15, 0.2) is 79.1 Å². The normalized spacial score (nSPS) is 12.5. The number of H-pyrrole nitrogens is 1. The summed E-state index contributed by atoms with van der Waals surface area (Å²) in [7, 11) is -1.20. The predicted octanol–water partition coefficient (Wildman–Crippen LogP) is 7.55. The average Bonchev–Trinajstić information content (AvgIpc) is 3.56. The van der Waals surface area contributed by atoms with E-state index in [4.69, 9.17) is 26.4 Å².